The number of fused-ring (bicyclic) bond motifs is 2. The fourth-order valence-electron chi connectivity index (χ4n) is 3.72. The standard InChI is InChI=1S/C22H22N4O3/c1-23-22(29)20-21(28)19(27)14-25(24-20)12-13-26-17-8-4-2-6-15(17)10-11-16-7-3-5-9-18(16)26/h2-9,14,27H,10-13H2,1H3,(H,23,29). The Morgan fingerprint density at radius 2 is 1.62 bits per heavy atom. The van der Waals surface area contributed by atoms with Crippen LogP contribution in [-0.2, 0) is 19.4 Å². The van der Waals surface area contributed by atoms with E-state index in [1.54, 1.807) is 0 Å². The molecule has 29 heavy (non-hydrogen) atoms. The van der Waals surface area contributed by atoms with Crippen molar-refractivity contribution in [3.8, 4) is 5.75 Å². The molecule has 0 unspecified atom stereocenters. The lowest BCUT2D eigenvalue weighted by Crippen LogP contribution is -2.31. The van der Waals surface area contributed by atoms with Crippen molar-refractivity contribution in [2.24, 2.45) is 0 Å². The van der Waals surface area contributed by atoms with Gasteiger partial charge in [0.15, 0.2) is 11.4 Å². The fourth-order valence-corrected chi connectivity index (χ4v) is 3.72. The largest absolute Gasteiger partial charge is 0.503 e. The second-order valence-electron chi connectivity index (χ2n) is 6.94. The van der Waals surface area contributed by atoms with Crippen molar-refractivity contribution < 1.29 is 9.90 Å². The lowest BCUT2D eigenvalue weighted by atomic mass is 10.0. The van der Waals surface area contributed by atoms with Crippen molar-refractivity contribution in [1.29, 1.82) is 0 Å². The Bertz CT molecular complexity index is 1080. The summed E-state index contributed by atoms with van der Waals surface area (Å²) >= 11 is 0. The number of aryl methyl sites for hydroxylation is 2. The van der Waals surface area contributed by atoms with E-state index in [0.29, 0.717) is 13.1 Å². The molecule has 4 rings (SSSR count). The molecule has 2 N–H and O–H groups in total. The van der Waals surface area contributed by atoms with E-state index in [4.69, 9.17) is 0 Å². The van der Waals surface area contributed by atoms with E-state index in [9.17, 15) is 14.7 Å². The number of amides is 1. The number of aromatic nitrogens is 2. The van der Waals surface area contributed by atoms with Crippen LogP contribution >= 0.6 is 0 Å². The van der Waals surface area contributed by atoms with E-state index < -0.39 is 17.1 Å². The Morgan fingerprint density at radius 1 is 1.03 bits per heavy atom. The molecule has 2 aromatic carbocycles. The molecular weight excluding hydrogens is 368 g/mol. The van der Waals surface area contributed by atoms with Gasteiger partial charge >= 0.3 is 0 Å². The second-order valence-corrected chi connectivity index (χ2v) is 6.94. The van der Waals surface area contributed by atoms with Gasteiger partial charge in [-0.3, -0.25) is 14.3 Å². The highest BCUT2D eigenvalue weighted by Gasteiger charge is 2.21. The summed E-state index contributed by atoms with van der Waals surface area (Å²) in [6.07, 6.45) is 3.19. The molecule has 0 fully saturated rings. The van der Waals surface area contributed by atoms with Gasteiger partial charge in [-0.15, -0.1) is 0 Å². The van der Waals surface area contributed by atoms with Gasteiger partial charge in [0.05, 0.1) is 12.7 Å². The normalized spacial score (nSPS) is 12.7. The summed E-state index contributed by atoms with van der Waals surface area (Å²) in [4.78, 5) is 26.1. The number of hydrogen-bond acceptors (Lipinski definition) is 5. The Balaban J connectivity index is 1.69. The van der Waals surface area contributed by atoms with Crippen LogP contribution in [0.15, 0.2) is 59.5 Å². The average Bonchev–Trinajstić information content (AvgIpc) is 2.91. The molecule has 148 valence electrons. The first-order valence-corrected chi connectivity index (χ1v) is 9.54. The van der Waals surface area contributed by atoms with Gasteiger partial charge in [-0.25, -0.2) is 0 Å². The Labute approximate surface area is 168 Å². The van der Waals surface area contributed by atoms with Crippen molar-refractivity contribution >= 4 is 17.3 Å². The van der Waals surface area contributed by atoms with Crippen molar-refractivity contribution in [1.82, 2.24) is 15.1 Å². The summed E-state index contributed by atoms with van der Waals surface area (Å²) in [6.45, 7) is 0.955. The Hall–Kier alpha value is -3.61. The zero-order chi connectivity index (χ0) is 20.4. The van der Waals surface area contributed by atoms with E-state index in [2.05, 4.69) is 39.6 Å². The van der Waals surface area contributed by atoms with Gasteiger partial charge in [0, 0.05) is 25.0 Å². The van der Waals surface area contributed by atoms with Gasteiger partial charge in [0.1, 0.15) is 0 Å². The lowest BCUT2D eigenvalue weighted by Gasteiger charge is -2.27. The predicted octanol–water partition coefficient (Wildman–Crippen LogP) is 2.25. The average molecular weight is 390 g/mol. The maximum atomic E-state index is 12.0. The summed E-state index contributed by atoms with van der Waals surface area (Å²) in [5.74, 6) is -1.11. The number of hydrogen-bond donors (Lipinski definition) is 2. The third-order valence-corrected chi connectivity index (χ3v) is 5.17. The second kappa shape index (κ2) is 7.79. The fraction of sp³-hybridized carbons (Fsp3) is 0.227. The summed E-state index contributed by atoms with van der Waals surface area (Å²) < 4.78 is 1.44. The molecule has 1 amide bonds. The minimum absolute atomic E-state index is 0.316. The van der Waals surface area contributed by atoms with Crippen molar-refractivity contribution in [3.63, 3.8) is 0 Å². The molecule has 7 heteroatoms. The van der Waals surface area contributed by atoms with Crippen molar-refractivity contribution in [2.75, 3.05) is 18.5 Å². The molecule has 3 aromatic rings. The van der Waals surface area contributed by atoms with Gasteiger partial charge in [-0.1, -0.05) is 36.4 Å². The highest BCUT2D eigenvalue weighted by Crippen LogP contribution is 2.35. The summed E-state index contributed by atoms with van der Waals surface area (Å²) in [7, 11) is 1.42. The molecule has 0 saturated heterocycles. The molecule has 2 heterocycles. The van der Waals surface area contributed by atoms with Gasteiger partial charge in [0.2, 0.25) is 0 Å². The molecule has 0 aliphatic carbocycles. The molecule has 1 aromatic heterocycles. The SMILES string of the molecule is CNC(=O)c1nn(CCN2c3ccccc3CCc3ccccc32)cc(O)c1=O. The number of para-hydroxylation sites is 2. The smallest absolute Gasteiger partial charge is 0.275 e. The zero-order valence-electron chi connectivity index (χ0n) is 16.1. The molecule has 0 saturated carbocycles. The number of anilines is 2. The topological polar surface area (TPSA) is 87.5 Å². The molecule has 0 spiro atoms. The van der Waals surface area contributed by atoms with Crippen LogP contribution in [0.2, 0.25) is 0 Å². The molecule has 0 bridgehead atoms. The number of aromatic hydroxyl groups is 1. The van der Waals surface area contributed by atoms with E-state index in [-0.39, 0.29) is 5.69 Å². The van der Waals surface area contributed by atoms with Crippen LogP contribution in [0, 0.1) is 0 Å². The number of benzene rings is 2. The van der Waals surface area contributed by atoms with Gasteiger partial charge in [0.25, 0.3) is 11.3 Å². The first-order chi connectivity index (χ1) is 14.1. The van der Waals surface area contributed by atoms with E-state index in [0.717, 1.165) is 24.2 Å². The zero-order valence-corrected chi connectivity index (χ0v) is 16.1. The summed E-state index contributed by atoms with van der Waals surface area (Å²) in [5.41, 5.74) is 3.72. The molecule has 0 radical (unpaired) electrons. The van der Waals surface area contributed by atoms with Crippen LogP contribution in [-0.4, -0.2) is 34.4 Å². The number of nitrogens with zero attached hydrogens (tertiary/aromatic N) is 3. The molecule has 0 atom stereocenters. The highest BCUT2D eigenvalue weighted by atomic mass is 16.3. The Morgan fingerprint density at radius 3 is 2.21 bits per heavy atom. The van der Waals surface area contributed by atoms with E-state index in [1.165, 1.54) is 29.1 Å². The number of carbonyl (C=O) groups excluding carboxylic acids is 1. The van der Waals surface area contributed by atoms with Crippen LogP contribution in [0.5, 0.6) is 5.75 Å². The van der Waals surface area contributed by atoms with E-state index >= 15 is 0 Å². The molecule has 1 aliphatic rings. The summed E-state index contributed by atoms with van der Waals surface area (Å²) in [5, 5.41) is 16.5. The van der Waals surface area contributed by atoms with Crippen LogP contribution < -0.4 is 15.6 Å². The van der Waals surface area contributed by atoms with Crippen molar-refractivity contribution in [3.05, 3.63) is 81.8 Å². The van der Waals surface area contributed by atoms with Gasteiger partial charge in [-0.2, -0.15) is 5.10 Å². The van der Waals surface area contributed by atoms with Crippen LogP contribution in [0.4, 0.5) is 11.4 Å². The molecule has 1 aliphatic heterocycles. The maximum Gasteiger partial charge on any atom is 0.275 e. The van der Waals surface area contributed by atoms with Crippen LogP contribution in [0.1, 0.15) is 21.6 Å². The number of carbonyl (C=O) groups is 1. The third kappa shape index (κ3) is 3.59. The first kappa shape index (κ1) is 18.7. The van der Waals surface area contributed by atoms with Crippen molar-refractivity contribution in [2.45, 2.75) is 19.4 Å². The maximum absolute atomic E-state index is 12.0. The quantitative estimate of drug-likeness (QED) is 0.713. The molecular formula is C22H22N4O3. The van der Waals surface area contributed by atoms with E-state index in [1.807, 2.05) is 24.3 Å². The summed E-state index contributed by atoms with van der Waals surface area (Å²) in [6, 6.07) is 16.6. The first-order valence-electron chi connectivity index (χ1n) is 9.54. The third-order valence-electron chi connectivity index (χ3n) is 5.17. The van der Waals surface area contributed by atoms with Gasteiger partial charge < -0.3 is 15.3 Å². The van der Waals surface area contributed by atoms with Crippen LogP contribution in [0.25, 0.3) is 0 Å². The minimum atomic E-state index is -0.772. The lowest BCUT2D eigenvalue weighted by molar-refractivity contribution is 0.0953. The monoisotopic (exact) mass is 390 g/mol. The number of nitrogens with one attached hydrogen (secondary N) is 1. The predicted molar refractivity (Wildman–Crippen MR) is 111 cm³/mol. The van der Waals surface area contributed by atoms with Gasteiger partial charge in [-0.05, 0) is 36.1 Å². The minimum Gasteiger partial charge on any atom is -0.503 e. The Kier molecular flexibility index (Phi) is 5.03. The van der Waals surface area contributed by atoms with Crippen LogP contribution in [0.3, 0.4) is 0 Å². The molecule has 7 nitrogen and oxygen atoms in total. The highest BCUT2D eigenvalue weighted by molar-refractivity contribution is 5.92. The number of rotatable bonds is 4.